The van der Waals surface area contributed by atoms with Gasteiger partial charge in [0.2, 0.25) is 0 Å². The molecule has 0 radical (unpaired) electrons. The van der Waals surface area contributed by atoms with E-state index in [0.29, 0.717) is 0 Å². The first-order valence-corrected chi connectivity index (χ1v) is 7.04. The number of carbonyl (C=O) groups excluding carboxylic acids is 1. The maximum atomic E-state index is 12.4. The van der Waals surface area contributed by atoms with Crippen LogP contribution in [0.15, 0.2) is 23.0 Å². The molecule has 2 aromatic rings. The molecule has 94 valence electrons. The van der Waals surface area contributed by atoms with Crippen LogP contribution < -0.4 is 0 Å². The van der Waals surface area contributed by atoms with Crippen molar-refractivity contribution >= 4 is 17.2 Å². The Morgan fingerprint density at radius 1 is 1.61 bits per heavy atom. The van der Waals surface area contributed by atoms with Crippen LogP contribution in [0.5, 0.6) is 0 Å². The minimum absolute atomic E-state index is 0.103. The van der Waals surface area contributed by atoms with Crippen LogP contribution in [0.25, 0.3) is 0 Å². The molecule has 1 aliphatic heterocycles. The lowest BCUT2D eigenvalue weighted by molar-refractivity contribution is 0.0731. The lowest BCUT2D eigenvalue weighted by Crippen LogP contribution is -2.30. The summed E-state index contributed by atoms with van der Waals surface area (Å²) in [7, 11) is 0. The number of nitrogens with zero attached hydrogens (tertiary/aromatic N) is 2. The Balaban J connectivity index is 1.85. The van der Waals surface area contributed by atoms with Crippen LogP contribution in [0, 0.1) is 6.92 Å². The molecule has 0 aromatic carbocycles. The van der Waals surface area contributed by atoms with E-state index in [9.17, 15) is 4.79 Å². The predicted molar refractivity (Wildman–Crippen MR) is 70.7 cm³/mol. The van der Waals surface area contributed by atoms with E-state index in [-0.39, 0.29) is 11.9 Å². The molecule has 0 unspecified atom stereocenters. The van der Waals surface area contributed by atoms with Crippen molar-refractivity contribution in [2.24, 2.45) is 0 Å². The van der Waals surface area contributed by atoms with Crippen LogP contribution in [0.4, 0.5) is 0 Å². The first-order chi connectivity index (χ1) is 8.75. The van der Waals surface area contributed by atoms with Crippen molar-refractivity contribution in [3.05, 3.63) is 40.1 Å². The number of aryl methyl sites for hydroxylation is 1. The van der Waals surface area contributed by atoms with Gasteiger partial charge >= 0.3 is 0 Å². The molecule has 2 aromatic heterocycles. The van der Waals surface area contributed by atoms with Crippen molar-refractivity contribution in [1.82, 2.24) is 14.9 Å². The molecule has 1 fully saturated rings. The molecule has 1 amide bonds. The summed E-state index contributed by atoms with van der Waals surface area (Å²) in [6.07, 6.45) is 3.85. The van der Waals surface area contributed by atoms with Crippen LogP contribution >= 0.6 is 11.3 Å². The van der Waals surface area contributed by atoms with Gasteiger partial charge in [0.1, 0.15) is 5.82 Å². The second-order valence-corrected chi connectivity index (χ2v) is 5.40. The van der Waals surface area contributed by atoms with Crippen LogP contribution in [0.1, 0.15) is 40.8 Å². The van der Waals surface area contributed by atoms with E-state index in [1.54, 1.807) is 11.3 Å². The Hall–Kier alpha value is -1.62. The van der Waals surface area contributed by atoms with E-state index in [0.717, 1.165) is 36.5 Å². The van der Waals surface area contributed by atoms with Crippen molar-refractivity contribution in [3.63, 3.8) is 0 Å². The molecule has 1 atom stereocenters. The number of aromatic amines is 1. The smallest absolute Gasteiger partial charge is 0.255 e. The predicted octanol–water partition coefficient (Wildman–Crippen LogP) is 2.76. The maximum Gasteiger partial charge on any atom is 0.255 e. The van der Waals surface area contributed by atoms with Gasteiger partial charge in [0.15, 0.2) is 0 Å². The van der Waals surface area contributed by atoms with Gasteiger partial charge in [-0.3, -0.25) is 4.79 Å². The van der Waals surface area contributed by atoms with Gasteiger partial charge in [0.25, 0.3) is 5.91 Å². The Kier molecular flexibility index (Phi) is 2.91. The number of nitrogens with one attached hydrogen (secondary N) is 1. The molecule has 18 heavy (non-hydrogen) atoms. The van der Waals surface area contributed by atoms with E-state index < -0.39 is 0 Å². The summed E-state index contributed by atoms with van der Waals surface area (Å²) < 4.78 is 0. The maximum absolute atomic E-state index is 12.4. The highest BCUT2D eigenvalue weighted by atomic mass is 32.1. The fourth-order valence-corrected chi connectivity index (χ4v) is 3.08. The Morgan fingerprint density at radius 2 is 2.50 bits per heavy atom. The van der Waals surface area contributed by atoms with Crippen molar-refractivity contribution in [1.29, 1.82) is 0 Å². The SMILES string of the molecule is Cc1cnc([C@H]2CCCN2C(=O)c2ccsc2)[nH]1. The third kappa shape index (κ3) is 1.95. The molecular weight excluding hydrogens is 246 g/mol. The topological polar surface area (TPSA) is 49.0 Å². The second-order valence-electron chi connectivity index (χ2n) is 4.62. The van der Waals surface area contributed by atoms with Crippen molar-refractivity contribution in [3.8, 4) is 0 Å². The summed E-state index contributed by atoms with van der Waals surface area (Å²) in [5, 5.41) is 3.85. The summed E-state index contributed by atoms with van der Waals surface area (Å²) in [6, 6.07) is 1.99. The highest BCUT2D eigenvalue weighted by Crippen LogP contribution is 2.31. The number of thiophene rings is 1. The average molecular weight is 261 g/mol. The largest absolute Gasteiger partial charge is 0.344 e. The summed E-state index contributed by atoms with van der Waals surface area (Å²) in [4.78, 5) is 21.9. The molecule has 5 heteroatoms. The zero-order valence-electron chi connectivity index (χ0n) is 10.2. The van der Waals surface area contributed by atoms with Gasteiger partial charge in [-0.2, -0.15) is 11.3 Å². The number of rotatable bonds is 2. The molecule has 1 saturated heterocycles. The molecule has 0 aliphatic carbocycles. The van der Waals surface area contributed by atoms with Crippen LogP contribution in [0.3, 0.4) is 0 Å². The Morgan fingerprint density at radius 3 is 3.17 bits per heavy atom. The number of hydrogen-bond acceptors (Lipinski definition) is 3. The number of hydrogen-bond donors (Lipinski definition) is 1. The molecule has 3 heterocycles. The van der Waals surface area contributed by atoms with Crippen LogP contribution in [-0.2, 0) is 0 Å². The molecule has 0 spiro atoms. The minimum Gasteiger partial charge on any atom is -0.344 e. The Labute approximate surface area is 110 Å². The number of imidazole rings is 1. The summed E-state index contributed by atoms with van der Waals surface area (Å²) in [5.41, 5.74) is 1.83. The zero-order chi connectivity index (χ0) is 12.5. The van der Waals surface area contributed by atoms with Crippen LogP contribution in [-0.4, -0.2) is 27.3 Å². The molecule has 4 nitrogen and oxygen atoms in total. The van der Waals surface area contributed by atoms with Crippen molar-refractivity contribution in [2.45, 2.75) is 25.8 Å². The molecule has 1 N–H and O–H groups in total. The number of H-pyrrole nitrogens is 1. The van der Waals surface area contributed by atoms with Crippen molar-refractivity contribution < 1.29 is 4.79 Å². The van der Waals surface area contributed by atoms with Crippen molar-refractivity contribution in [2.75, 3.05) is 6.54 Å². The summed E-state index contributed by atoms with van der Waals surface area (Å²) in [6.45, 7) is 2.80. The summed E-state index contributed by atoms with van der Waals surface area (Å²) >= 11 is 1.56. The monoisotopic (exact) mass is 261 g/mol. The second kappa shape index (κ2) is 4.57. The van der Waals surface area contributed by atoms with Gasteiger partial charge in [-0.1, -0.05) is 0 Å². The number of carbonyl (C=O) groups is 1. The van der Waals surface area contributed by atoms with E-state index >= 15 is 0 Å². The third-order valence-electron chi connectivity index (χ3n) is 3.32. The van der Waals surface area contributed by atoms with E-state index in [1.165, 1.54) is 0 Å². The molecule has 0 bridgehead atoms. The standard InChI is InChI=1S/C13H15N3OS/c1-9-7-14-12(15-9)11-3-2-5-16(11)13(17)10-4-6-18-8-10/h4,6-8,11H,2-3,5H2,1H3,(H,14,15)/t11-/m1/s1. The first-order valence-electron chi connectivity index (χ1n) is 6.10. The fourth-order valence-electron chi connectivity index (χ4n) is 2.45. The normalized spacial score (nSPS) is 19.4. The van der Waals surface area contributed by atoms with Gasteiger partial charge in [-0.15, -0.1) is 0 Å². The van der Waals surface area contributed by atoms with Crippen LogP contribution in [0.2, 0.25) is 0 Å². The number of aromatic nitrogens is 2. The lowest BCUT2D eigenvalue weighted by Gasteiger charge is -2.22. The average Bonchev–Trinajstić information content (AvgIpc) is 3.09. The van der Waals surface area contributed by atoms with E-state index in [4.69, 9.17) is 0 Å². The zero-order valence-corrected chi connectivity index (χ0v) is 11.0. The van der Waals surface area contributed by atoms with E-state index in [2.05, 4.69) is 9.97 Å². The Bertz CT molecular complexity index is 546. The molecule has 3 rings (SSSR count). The quantitative estimate of drug-likeness (QED) is 0.903. The third-order valence-corrected chi connectivity index (χ3v) is 4.00. The lowest BCUT2D eigenvalue weighted by atomic mass is 10.2. The summed E-state index contributed by atoms with van der Waals surface area (Å²) in [5.74, 6) is 1.03. The minimum atomic E-state index is 0.103. The van der Waals surface area contributed by atoms with Gasteiger partial charge in [-0.05, 0) is 31.2 Å². The molecule has 0 saturated carbocycles. The number of amides is 1. The van der Waals surface area contributed by atoms with E-state index in [1.807, 2.05) is 34.8 Å². The molecular formula is C13H15N3OS. The van der Waals surface area contributed by atoms with Gasteiger partial charge in [0, 0.05) is 23.8 Å². The van der Waals surface area contributed by atoms with Gasteiger partial charge in [-0.25, -0.2) is 4.98 Å². The number of likely N-dealkylation sites (tertiary alicyclic amines) is 1. The van der Waals surface area contributed by atoms with Gasteiger partial charge in [0.05, 0.1) is 11.6 Å². The first kappa shape index (κ1) is 11.5. The molecule has 1 aliphatic rings. The van der Waals surface area contributed by atoms with Gasteiger partial charge < -0.3 is 9.88 Å². The highest BCUT2D eigenvalue weighted by molar-refractivity contribution is 7.08. The highest BCUT2D eigenvalue weighted by Gasteiger charge is 2.32. The fraction of sp³-hybridized carbons (Fsp3) is 0.385.